The summed E-state index contributed by atoms with van der Waals surface area (Å²) < 4.78 is 0. The Morgan fingerprint density at radius 2 is 1.81 bits per heavy atom. The number of carbonyl (C=O) groups is 3. The SMILES string of the molecule is CCN1CCN(C(=O)N2CCc3ccccc32)C(=O)C1=O. The van der Waals surface area contributed by atoms with Crippen LogP contribution in [-0.2, 0) is 16.0 Å². The number of hydrogen-bond donors (Lipinski definition) is 0. The van der Waals surface area contributed by atoms with E-state index in [2.05, 4.69) is 0 Å². The van der Waals surface area contributed by atoms with Crippen LogP contribution in [-0.4, -0.2) is 53.8 Å². The van der Waals surface area contributed by atoms with E-state index in [4.69, 9.17) is 0 Å². The van der Waals surface area contributed by atoms with Crippen LogP contribution < -0.4 is 4.90 Å². The monoisotopic (exact) mass is 287 g/mol. The molecular weight excluding hydrogens is 270 g/mol. The van der Waals surface area contributed by atoms with Crippen molar-refractivity contribution in [1.82, 2.24) is 9.80 Å². The average molecular weight is 287 g/mol. The number of piperazine rings is 1. The fraction of sp³-hybridized carbons (Fsp3) is 0.400. The van der Waals surface area contributed by atoms with Gasteiger partial charge in [-0.15, -0.1) is 0 Å². The Labute approximate surface area is 122 Å². The third-order valence-corrected chi connectivity index (χ3v) is 4.04. The van der Waals surface area contributed by atoms with Gasteiger partial charge in [-0.25, -0.2) is 4.79 Å². The van der Waals surface area contributed by atoms with E-state index >= 15 is 0 Å². The molecule has 4 amide bonds. The number of hydrogen-bond acceptors (Lipinski definition) is 3. The summed E-state index contributed by atoms with van der Waals surface area (Å²) in [4.78, 5) is 40.7. The molecule has 2 aliphatic heterocycles. The Morgan fingerprint density at radius 3 is 2.57 bits per heavy atom. The van der Waals surface area contributed by atoms with Crippen LogP contribution in [0.3, 0.4) is 0 Å². The van der Waals surface area contributed by atoms with E-state index in [1.807, 2.05) is 31.2 Å². The number of rotatable bonds is 1. The second-order valence-electron chi connectivity index (χ2n) is 5.15. The van der Waals surface area contributed by atoms with Crippen molar-refractivity contribution >= 4 is 23.5 Å². The average Bonchev–Trinajstić information content (AvgIpc) is 2.93. The molecule has 3 rings (SSSR count). The molecule has 1 aromatic rings. The van der Waals surface area contributed by atoms with Gasteiger partial charge in [0.25, 0.3) is 0 Å². The second kappa shape index (κ2) is 5.20. The van der Waals surface area contributed by atoms with Crippen LogP contribution in [0.2, 0.25) is 0 Å². The number of likely N-dealkylation sites (N-methyl/N-ethyl adjacent to an activating group) is 1. The molecule has 2 aliphatic rings. The van der Waals surface area contributed by atoms with Gasteiger partial charge >= 0.3 is 17.8 Å². The molecule has 6 heteroatoms. The quantitative estimate of drug-likeness (QED) is 0.720. The lowest BCUT2D eigenvalue weighted by Crippen LogP contribution is -2.58. The minimum absolute atomic E-state index is 0.260. The Hall–Kier alpha value is -2.37. The standard InChI is InChI=1S/C15H17N3O3/c1-2-16-9-10-18(14(20)13(16)19)15(21)17-8-7-11-5-3-4-6-12(11)17/h3-6H,2,7-10H2,1H3. The van der Waals surface area contributed by atoms with Crippen molar-refractivity contribution in [3.05, 3.63) is 29.8 Å². The van der Waals surface area contributed by atoms with Gasteiger partial charge in [0.2, 0.25) is 0 Å². The number of urea groups is 1. The Balaban J connectivity index is 1.81. The summed E-state index contributed by atoms with van der Waals surface area (Å²) in [7, 11) is 0. The second-order valence-corrected chi connectivity index (χ2v) is 5.15. The zero-order valence-electron chi connectivity index (χ0n) is 11.9. The number of fused-ring (bicyclic) bond motifs is 1. The number of anilines is 1. The highest BCUT2D eigenvalue weighted by Crippen LogP contribution is 2.28. The maximum atomic E-state index is 12.6. The molecule has 0 bridgehead atoms. The first kappa shape index (κ1) is 13.6. The molecule has 0 aliphatic carbocycles. The van der Waals surface area contributed by atoms with Gasteiger partial charge < -0.3 is 4.90 Å². The van der Waals surface area contributed by atoms with Gasteiger partial charge in [-0.1, -0.05) is 18.2 Å². The number of imide groups is 1. The molecule has 2 heterocycles. The molecule has 1 aromatic carbocycles. The molecule has 0 atom stereocenters. The Kier molecular flexibility index (Phi) is 3.37. The highest BCUT2D eigenvalue weighted by molar-refractivity contribution is 6.38. The van der Waals surface area contributed by atoms with Crippen LogP contribution in [0.15, 0.2) is 24.3 Å². The van der Waals surface area contributed by atoms with Crippen LogP contribution in [0.25, 0.3) is 0 Å². The van der Waals surface area contributed by atoms with Crippen LogP contribution in [0, 0.1) is 0 Å². The number of para-hydroxylation sites is 1. The fourth-order valence-corrected chi connectivity index (χ4v) is 2.84. The number of carbonyl (C=O) groups excluding carboxylic acids is 3. The van der Waals surface area contributed by atoms with E-state index in [0.717, 1.165) is 22.6 Å². The van der Waals surface area contributed by atoms with Crippen molar-refractivity contribution in [2.24, 2.45) is 0 Å². The normalized spacial score (nSPS) is 18.2. The van der Waals surface area contributed by atoms with Gasteiger partial charge in [-0.05, 0) is 25.0 Å². The molecule has 0 saturated carbocycles. The molecule has 0 unspecified atom stereocenters. The van der Waals surface area contributed by atoms with E-state index in [1.54, 1.807) is 4.90 Å². The summed E-state index contributed by atoms with van der Waals surface area (Å²) in [6.45, 7) is 3.52. The zero-order valence-corrected chi connectivity index (χ0v) is 11.9. The van der Waals surface area contributed by atoms with Crippen molar-refractivity contribution < 1.29 is 14.4 Å². The van der Waals surface area contributed by atoms with Gasteiger partial charge in [0.1, 0.15) is 0 Å². The number of benzene rings is 1. The van der Waals surface area contributed by atoms with Crippen LogP contribution in [0.1, 0.15) is 12.5 Å². The summed E-state index contributed by atoms with van der Waals surface area (Å²) in [5.74, 6) is -1.32. The number of amides is 4. The van der Waals surface area contributed by atoms with Crippen LogP contribution in [0.5, 0.6) is 0 Å². The van der Waals surface area contributed by atoms with E-state index in [1.165, 1.54) is 4.90 Å². The lowest BCUT2D eigenvalue weighted by atomic mass is 10.2. The van der Waals surface area contributed by atoms with Gasteiger partial charge in [-0.2, -0.15) is 0 Å². The van der Waals surface area contributed by atoms with Crippen LogP contribution in [0.4, 0.5) is 10.5 Å². The van der Waals surface area contributed by atoms with Crippen molar-refractivity contribution in [3.8, 4) is 0 Å². The van der Waals surface area contributed by atoms with E-state index in [-0.39, 0.29) is 6.54 Å². The van der Waals surface area contributed by atoms with Crippen LogP contribution >= 0.6 is 0 Å². The first-order valence-electron chi connectivity index (χ1n) is 7.13. The predicted molar refractivity (Wildman–Crippen MR) is 76.9 cm³/mol. The molecule has 6 nitrogen and oxygen atoms in total. The van der Waals surface area contributed by atoms with E-state index < -0.39 is 17.8 Å². The van der Waals surface area contributed by atoms with Gasteiger partial charge in [0.05, 0.1) is 0 Å². The minimum Gasteiger partial charge on any atom is -0.333 e. The van der Waals surface area contributed by atoms with Gasteiger partial charge in [0, 0.05) is 31.9 Å². The van der Waals surface area contributed by atoms with Crippen molar-refractivity contribution in [2.75, 3.05) is 31.1 Å². The highest BCUT2D eigenvalue weighted by atomic mass is 16.2. The summed E-state index contributed by atoms with van der Waals surface area (Å²) in [5, 5.41) is 0. The zero-order chi connectivity index (χ0) is 15.0. The van der Waals surface area contributed by atoms with E-state index in [0.29, 0.717) is 19.6 Å². The van der Waals surface area contributed by atoms with Crippen molar-refractivity contribution in [1.29, 1.82) is 0 Å². The lowest BCUT2D eigenvalue weighted by molar-refractivity contribution is -0.153. The van der Waals surface area contributed by atoms with Gasteiger partial charge in [-0.3, -0.25) is 19.4 Å². The highest BCUT2D eigenvalue weighted by Gasteiger charge is 2.38. The molecule has 0 N–H and O–H groups in total. The minimum atomic E-state index is -0.725. The largest absolute Gasteiger partial charge is 0.333 e. The maximum Gasteiger partial charge on any atom is 0.331 e. The summed E-state index contributed by atoms with van der Waals surface area (Å²) in [6, 6.07) is 7.25. The topological polar surface area (TPSA) is 60.9 Å². The fourth-order valence-electron chi connectivity index (χ4n) is 2.84. The lowest BCUT2D eigenvalue weighted by Gasteiger charge is -2.34. The van der Waals surface area contributed by atoms with Crippen molar-refractivity contribution in [2.45, 2.75) is 13.3 Å². The molecule has 1 fully saturated rings. The molecule has 21 heavy (non-hydrogen) atoms. The van der Waals surface area contributed by atoms with Crippen molar-refractivity contribution in [3.63, 3.8) is 0 Å². The number of nitrogens with zero attached hydrogens (tertiary/aromatic N) is 3. The summed E-state index contributed by atoms with van der Waals surface area (Å²) in [5.41, 5.74) is 1.93. The Bertz CT molecular complexity index is 614. The van der Waals surface area contributed by atoms with E-state index in [9.17, 15) is 14.4 Å². The third-order valence-electron chi connectivity index (χ3n) is 4.04. The molecule has 1 saturated heterocycles. The molecule has 0 aromatic heterocycles. The molecule has 110 valence electrons. The first-order chi connectivity index (χ1) is 10.1. The maximum absolute atomic E-state index is 12.6. The first-order valence-corrected chi connectivity index (χ1v) is 7.13. The van der Waals surface area contributed by atoms with Gasteiger partial charge in [0.15, 0.2) is 0 Å². The summed E-state index contributed by atoms with van der Waals surface area (Å²) >= 11 is 0. The summed E-state index contributed by atoms with van der Waals surface area (Å²) in [6.07, 6.45) is 0.777. The Morgan fingerprint density at radius 1 is 1.05 bits per heavy atom. The molecular formula is C15H17N3O3. The molecule has 0 spiro atoms. The molecule has 0 radical (unpaired) electrons. The predicted octanol–water partition coefficient (Wildman–Crippen LogP) is 0.860. The third kappa shape index (κ3) is 2.16. The smallest absolute Gasteiger partial charge is 0.331 e.